The third kappa shape index (κ3) is 6.38. The van der Waals surface area contributed by atoms with Crippen LogP contribution >= 0.6 is 24.0 Å². The van der Waals surface area contributed by atoms with Crippen molar-refractivity contribution in [2.75, 3.05) is 12.4 Å². The third-order valence-corrected chi connectivity index (χ3v) is 3.70. The predicted octanol–water partition coefficient (Wildman–Crippen LogP) is 3.71. The highest BCUT2D eigenvalue weighted by Gasteiger charge is 2.03. The molecule has 2 aromatic carbocycles. The van der Waals surface area contributed by atoms with Gasteiger partial charge in [0.2, 0.25) is 0 Å². The fourth-order valence-corrected chi connectivity index (χ4v) is 2.25. The maximum absolute atomic E-state index is 11.5. The minimum absolute atomic E-state index is 0. The fourth-order valence-electron chi connectivity index (χ4n) is 2.25. The van der Waals surface area contributed by atoms with Gasteiger partial charge in [-0.2, -0.15) is 0 Å². The van der Waals surface area contributed by atoms with Gasteiger partial charge in [-0.1, -0.05) is 38.1 Å². The molecule has 0 saturated heterocycles. The van der Waals surface area contributed by atoms with Crippen LogP contribution in [-0.4, -0.2) is 18.9 Å². The lowest BCUT2D eigenvalue weighted by atomic mass is 10.0. The Kier molecular flexibility index (Phi) is 8.40. The Balaban J connectivity index is 0.00000312. The lowest BCUT2D eigenvalue weighted by Crippen LogP contribution is -2.22. The molecule has 0 atom stereocenters. The summed E-state index contributed by atoms with van der Waals surface area (Å²) in [5, 5.41) is 5.70. The van der Waals surface area contributed by atoms with E-state index in [2.05, 4.69) is 41.6 Å². The summed E-state index contributed by atoms with van der Waals surface area (Å²) in [6.07, 6.45) is 0. The molecule has 0 aliphatic rings. The first-order valence-corrected chi connectivity index (χ1v) is 7.97. The molecule has 0 aromatic heterocycles. The monoisotopic (exact) mass is 452 g/mol. The number of aliphatic imine (C=N–C) groups is 1. The van der Waals surface area contributed by atoms with Gasteiger partial charge >= 0.3 is 0 Å². The average Bonchev–Trinajstić information content (AvgIpc) is 2.60. The van der Waals surface area contributed by atoms with E-state index in [1.807, 2.05) is 24.3 Å². The Morgan fingerprint density at radius 3 is 2.44 bits per heavy atom. The molecule has 0 aliphatic heterocycles. The van der Waals surface area contributed by atoms with Crippen molar-refractivity contribution in [2.45, 2.75) is 26.3 Å². The molecule has 0 spiro atoms. The first-order valence-electron chi connectivity index (χ1n) is 7.97. The molecule has 2 rings (SSSR count). The molecule has 0 heterocycles. The number of hydrogen-bond acceptors (Lipinski definition) is 2. The average molecular weight is 452 g/mol. The second-order valence-electron chi connectivity index (χ2n) is 5.88. The Labute approximate surface area is 166 Å². The normalized spacial score (nSPS) is 11.0. The highest BCUT2D eigenvalue weighted by atomic mass is 127. The molecule has 0 fully saturated rings. The zero-order chi connectivity index (χ0) is 17.5. The summed E-state index contributed by atoms with van der Waals surface area (Å²) in [6, 6.07) is 15.4. The molecule has 2 aromatic rings. The van der Waals surface area contributed by atoms with Gasteiger partial charge in [-0.15, -0.1) is 24.0 Å². The maximum atomic E-state index is 11.5. The van der Waals surface area contributed by atoms with Crippen molar-refractivity contribution in [1.82, 2.24) is 5.32 Å². The molecule has 0 aliphatic carbocycles. The summed E-state index contributed by atoms with van der Waals surface area (Å²) in [7, 11) is 1.61. The van der Waals surface area contributed by atoms with E-state index in [1.165, 1.54) is 5.56 Å². The van der Waals surface area contributed by atoms with Crippen LogP contribution in [0.3, 0.4) is 0 Å². The smallest absolute Gasteiger partial charge is 0.251 e. The van der Waals surface area contributed by atoms with Crippen LogP contribution in [0.25, 0.3) is 0 Å². The SMILES string of the molecule is CNC(=O)c1ccc(CN=C(N)Nc2cccc(C(C)C)c2)cc1.I. The van der Waals surface area contributed by atoms with Crippen LogP contribution in [0, 0.1) is 0 Å². The van der Waals surface area contributed by atoms with Gasteiger partial charge in [-0.05, 0) is 41.3 Å². The van der Waals surface area contributed by atoms with E-state index in [0.29, 0.717) is 24.0 Å². The van der Waals surface area contributed by atoms with Crippen molar-refractivity contribution in [1.29, 1.82) is 0 Å². The number of carbonyl (C=O) groups excluding carboxylic acids is 1. The van der Waals surface area contributed by atoms with Crippen molar-refractivity contribution in [3.63, 3.8) is 0 Å². The summed E-state index contributed by atoms with van der Waals surface area (Å²) in [5.74, 6) is 0.728. The second kappa shape index (κ2) is 10.0. The molecule has 134 valence electrons. The van der Waals surface area contributed by atoms with Crippen LogP contribution in [0.15, 0.2) is 53.5 Å². The van der Waals surface area contributed by atoms with Crippen LogP contribution in [0.1, 0.15) is 41.3 Å². The number of halogens is 1. The maximum Gasteiger partial charge on any atom is 0.251 e. The van der Waals surface area contributed by atoms with E-state index in [-0.39, 0.29) is 29.9 Å². The summed E-state index contributed by atoms with van der Waals surface area (Å²) in [5.41, 5.74) is 9.75. The standard InChI is InChI=1S/C19H24N4O.HI/c1-13(2)16-5-4-6-17(11-16)23-19(20)22-12-14-7-9-15(10-8-14)18(24)21-3;/h4-11,13H,12H2,1-3H3,(H,21,24)(H3,20,22,23);1H. The van der Waals surface area contributed by atoms with Crippen LogP contribution < -0.4 is 16.4 Å². The highest BCUT2D eigenvalue weighted by Crippen LogP contribution is 2.18. The number of hydrogen-bond donors (Lipinski definition) is 3. The summed E-state index contributed by atoms with van der Waals surface area (Å²) < 4.78 is 0. The second-order valence-corrected chi connectivity index (χ2v) is 5.88. The number of carbonyl (C=O) groups is 1. The number of amides is 1. The van der Waals surface area contributed by atoms with Gasteiger partial charge in [0.05, 0.1) is 6.54 Å². The summed E-state index contributed by atoms with van der Waals surface area (Å²) >= 11 is 0. The molecule has 5 nitrogen and oxygen atoms in total. The first-order chi connectivity index (χ1) is 11.5. The Hall–Kier alpha value is -2.09. The van der Waals surface area contributed by atoms with Gasteiger partial charge in [0.1, 0.15) is 0 Å². The van der Waals surface area contributed by atoms with Crippen LogP contribution in [-0.2, 0) is 6.54 Å². The van der Waals surface area contributed by atoms with Crippen molar-refractivity contribution in [2.24, 2.45) is 10.7 Å². The molecule has 4 N–H and O–H groups in total. The molecule has 0 radical (unpaired) electrons. The van der Waals surface area contributed by atoms with Crippen molar-refractivity contribution in [3.05, 3.63) is 65.2 Å². The minimum Gasteiger partial charge on any atom is -0.370 e. The van der Waals surface area contributed by atoms with Crippen molar-refractivity contribution in [3.8, 4) is 0 Å². The molecule has 6 heteroatoms. The minimum atomic E-state index is -0.101. The van der Waals surface area contributed by atoms with E-state index < -0.39 is 0 Å². The largest absolute Gasteiger partial charge is 0.370 e. The Bertz CT molecular complexity index is 726. The van der Waals surface area contributed by atoms with Crippen LogP contribution in [0.5, 0.6) is 0 Å². The zero-order valence-electron chi connectivity index (χ0n) is 14.7. The quantitative estimate of drug-likeness (QED) is 0.368. The van der Waals surface area contributed by atoms with Crippen molar-refractivity contribution >= 4 is 41.5 Å². The van der Waals surface area contributed by atoms with Gasteiger partial charge < -0.3 is 16.4 Å². The molecular formula is C19H25IN4O. The van der Waals surface area contributed by atoms with E-state index in [9.17, 15) is 4.79 Å². The molecule has 0 unspecified atom stereocenters. The number of nitrogens with two attached hydrogens (primary N) is 1. The number of benzene rings is 2. The van der Waals surface area contributed by atoms with Gasteiger partial charge in [0.15, 0.2) is 5.96 Å². The van der Waals surface area contributed by atoms with Crippen LogP contribution in [0.4, 0.5) is 5.69 Å². The number of rotatable bonds is 5. The number of guanidine groups is 1. The number of anilines is 1. The number of nitrogens with zero attached hydrogens (tertiary/aromatic N) is 1. The van der Waals surface area contributed by atoms with Gasteiger partial charge in [-0.25, -0.2) is 4.99 Å². The van der Waals surface area contributed by atoms with Crippen molar-refractivity contribution < 1.29 is 4.79 Å². The topological polar surface area (TPSA) is 79.5 Å². The molecule has 25 heavy (non-hydrogen) atoms. The third-order valence-electron chi connectivity index (χ3n) is 3.70. The summed E-state index contributed by atoms with van der Waals surface area (Å²) in [6.45, 7) is 4.76. The Morgan fingerprint density at radius 2 is 1.84 bits per heavy atom. The molecule has 0 saturated carbocycles. The van der Waals surface area contributed by atoms with E-state index in [4.69, 9.17) is 5.73 Å². The Morgan fingerprint density at radius 1 is 1.16 bits per heavy atom. The fraction of sp³-hybridized carbons (Fsp3) is 0.263. The molecule has 1 amide bonds. The van der Waals surface area contributed by atoms with E-state index >= 15 is 0 Å². The first kappa shape index (κ1) is 21.0. The summed E-state index contributed by atoms with van der Waals surface area (Å²) in [4.78, 5) is 15.8. The number of nitrogens with one attached hydrogen (secondary N) is 2. The lowest BCUT2D eigenvalue weighted by Gasteiger charge is -2.10. The highest BCUT2D eigenvalue weighted by molar-refractivity contribution is 14.0. The van der Waals surface area contributed by atoms with Crippen LogP contribution in [0.2, 0.25) is 0 Å². The van der Waals surface area contributed by atoms with Gasteiger partial charge in [0, 0.05) is 18.3 Å². The van der Waals surface area contributed by atoms with E-state index in [0.717, 1.165) is 11.3 Å². The van der Waals surface area contributed by atoms with Gasteiger partial charge in [-0.3, -0.25) is 4.79 Å². The lowest BCUT2D eigenvalue weighted by molar-refractivity contribution is 0.0963. The predicted molar refractivity (Wildman–Crippen MR) is 115 cm³/mol. The molecule has 0 bridgehead atoms. The zero-order valence-corrected chi connectivity index (χ0v) is 17.1. The molecular weight excluding hydrogens is 427 g/mol. The van der Waals surface area contributed by atoms with E-state index in [1.54, 1.807) is 19.2 Å². The van der Waals surface area contributed by atoms with Gasteiger partial charge in [0.25, 0.3) is 5.91 Å².